The van der Waals surface area contributed by atoms with E-state index < -0.39 is 12.2 Å². The number of H-pyrrole nitrogens is 1. The number of alkyl halides is 1. The van der Waals surface area contributed by atoms with Crippen LogP contribution in [0.1, 0.15) is 24.9 Å². The van der Waals surface area contributed by atoms with Crippen LogP contribution in [0.3, 0.4) is 0 Å². The number of imidazole rings is 1. The van der Waals surface area contributed by atoms with Crippen LogP contribution in [0.4, 0.5) is 4.39 Å². The van der Waals surface area contributed by atoms with Gasteiger partial charge in [0, 0.05) is 49.1 Å². The van der Waals surface area contributed by atoms with Crippen molar-refractivity contribution in [2.45, 2.75) is 25.6 Å². The maximum atomic E-state index is 14.5. The summed E-state index contributed by atoms with van der Waals surface area (Å²) in [6.07, 6.45) is 5.77. The van der Waals surface area contributed by atoms with Crippen molar-refractivity contribution in [2.24, 2.45) is 0 Å². The van der Waals surface area contributed by atoms with E-state index in [0.717, 1.165) is 22.3 Å². The van der Waals surface area contributed by atoms with Crippen molar-refractivity contribution in [1.82, 2.24) is 29.8 Å². The zero-order valence-electron chi connectivity index (χ0n) is 20.0. The third-order valence-corrected chi connectivity index (χ3v) is 6.48. The first kappa shape index (κ1) is 22.8. The van der Waals surface area contributed by atoms with E-state index in [-0.39, 0.29) is 18.9 Å². The van der Waals surface area contributed by atoms with E-state index in [1.54, 1.807) is 29.7 Å². The van der Waals surface area contributed by atoms with Crippen LogP contribution in [0.2, 0.25) is 0 Å². The molecule has 1 N–H and O–H groups in total. The molecule has 1 amide bonds. The number of carbonyl (C=O) groups excluding carboxylic acids is 1. The van der Waals surface area contributed by atoms with Gasteiger partial charge in [-0.3, -0.25) is 19.7 Å². The van der Waals surface area contributed by atoms with Gasteiger partial charge in [-0.05, 0) is 42.5 Å². The van der Waals surface area contributed by atoms with E-state index in [1.807, 2.05) is 54.6 Å². The molecule has 4 heterocycles. The van der Waals surface area contributed by atoms with Crippen molar-refractivity contribution in [1.29, 1.82) is 0 Å². The van der Waals surface area contributed by atoms with Crippen LogP contribution in [0, 0.1) is 0 Å². The first-order chi connectivity index (χ1) is 18.0. The highest BCUT2D eigenvalue weighted by Gasteiger charge is 2.37. The summed E-state index contributed by atoms with van der Waals surface area (Å²) in [7, 11) is 0. The van der Waals surface area contributed by atoms with Gasteiger partial charge in [-0.1, -0.05) is 6.07 Å². The molecule has 0 radical (unpaired) electrons. The van der Waals surface area contributed by atoms with Crippen molar-refractivity contribution in [3.63, 3.8) is 0 Å². The van der Waals surface area contributed by atoms with E-state index in [2.05, 4.69) is 19.9 Å². The van der Waals surface area contributed by atoms with E-state index >= 15 is 0 Å². The number of rotatable bonds is 5. The van der Waals surface area contributed by atoms with Crippen LogP contribution in [-0.4, -0.2) is 48.4 Å². The molecule has 6 rings (SSSR count). The fourth-order valence-corrected chi connectivity index (χ4v) is 4.72. The summed E-state index contributed by atoms with van der Waals surface area (Å²) >= 11 is 0. The number of fused-ring (bicyclic) bond motifs is 1. The molecule has 2 atom stereocenters. The Morgan fingerprint density at radius 2 is 1.89 bits per heavy atom. The Kier molecular flexibility index (Phi) is 5.80. The number of aromatic amines is 1. The van der Waals surface area contributed by atoms with Crippen LogP contribution in [0.25, 0.3) is 33.8 Å². The summed E-state index contributed by atoms with van der Waals surface area (Å²) in [6.45, 7) is 1.52. The fourth-order valence-electron chi connectivity index (χ4n) is 4.72. The highest BCUT2D eigenvalue weighted by Crippen LogP contribution is 2.42. The van der Waals surface area contributed by atoms with Gasteiger partial charge in [0.1, 0.15) is 23.4 Å². The number of carbonyl (C=O) groups is 1. The van der Waals surface area contributed by atoms with Crippen molar-refractivity contribution < 1.29 is 13.9 Å². The number of halogens is 1. The Labute approximate surface area is 212 Å². The number of ether oxygens (including phenoxy) is 1. The van der Waals surface area contributed by atoms with Crippen LogP contribution in [-0.2, 0) is 4.79 Å². The first-order valence-corrected chi connectivity index (χ1v) is 12.0. The summed E-state index contributed by atoms with van der Waals surface area (Å²) in [5, 5.41) is 0. The minimum absolute atomic E-state index is 0.0620. The molecule has 0 unspecified atom stereocenters. The van der Waals surface area contributed by atoms with Crippen molar-refractivity contribution >= 4 is 16.9 Å². The third kappa shape index (κ3) is 4.51. The van der Waals surface area contributed by atoms with Crippen LogP contribution < -0.4 is 4.74 Å². The molecule has 8 nitrogen and oxygen atoms in total. The lowest BCUT2D eigenvalue weighted by Gasteiger charge is -2.25. The number of hydrogen-bond donors (Lipinski definition) is 1. The van der Waals surface area contributed by atoms with Gasteiger partial charge in [-0.25, -0.2) is 9.37 Å². The zero-order valence-corrected chi connectivity index (χ0v) is 20.0. The molecule has 5 aromatic rings. The van der Waals surface area contributed by atoms with Gasteiger partial charge in [0.25, 0.3) is 0 Å². The predicted molar refractivity (Wildman–Crippen MR) is 137 cm³/mol. The fraction of sp³-hybridized carbons (Fsp3) is 0.179. The summed E-state index contributed by atoms with van der Waals surface area (Å²) in [6, 6.07) is 16.4. The molecule has 9 heteroatoms. The molecule has 3 aromatic heterocycles. The van der Waals surface area contributed by atoms with E-state index in [4.69, 9.17) is 9.72 Å². The van der Waals surface area contributed by atoms with Gasteiger partial charge in [-0.15, -0.1) is 0 Å². The van der Waals surface area contributed by atoms with Crippen molar-refractivity contribution in [3.8, 4) is 34.3 Å². The Morgan fingerprint density at radius 3 is 2.62 bits per heavy atom. The minimum atomic E-state index is -1.10. The summed E-state index contributed by atoms with van der Waals surface area (Å²) in [4.78, 5) is 34.7. The molecule has 2 aromatic carbocycles. The van der Waals surface area contributed by atoms with Gasteiger partial charge in [0.15, 0.2) is 5.82 Å². The van der Waals surface area contributed by atoms with Gasteiger partial charge in [0.2, 0.25) is 5.91 Å². The molecular weight excluding hydrogens is 471 g/mol. The SMILES string of the molecule is CC(=O)N1C[C@H](F)C[C@@H]1c1cc2[nH]c(-c3ccccn3)nc2cc1Oc1ccc(-c2cnccn2)cc1. The molecule has 1 aliphatic heterocycles. The largest absolute Gasteiger partial charge is 0.457 e. The molecule has 0 bridgehead atoms. The normalized spacial score (nSPS) is 17.3. The second-order valence-electron chi connectivity index (χ2n) is 8.94. The summed E-state index contributed by atoms with van der Waals surface area (Å²) in [5.74, 6) is 1.55. The lowest BCUT2D eigenvalue weighted by atomic mass is 10.0. The summed E-state index contributed by atoms with van der Waals surface area (Å²) in [5.41, 5.74) is 4.52. The average Bonchev–Trinajstić information content (AvgIpc) is 3.53. The lowest BCUT2D eigenvalue weighted by molar-refractivity contribution is -0.129. The lowest BCUT2D eigenvalue weighted by Crippen LogP contribution is -2.29. The highest BCUT2D eigenvalue weighted by atomic mass is 19.1. The number of nitrogens with zero attached hydrogens (tertiary/aromatic N) is 5. The van der Waals surface area contributed by atoms with Gasteiger partial charge in [0.05, 0.1) is 35.5 Å². The second kappa shape index (κ2) is 9.42. The molecule has 37 heavy (non-hydrogen) atoms. The van der Waals surface area contributed by atoms with Crippen LogP contribution >= 0.6 is 0 Å². The van der Waals surface area contributed by atoms with Crippen LogP contribution in [0.5, 0.6) is 11.5 Å². The summed E-state index contributed by atoms with van der Waals surface area (Å²) < 4.78 is 20.8. The Bertz CT molecular complexity index is 1560. The molecule has 184 valence electrons. The number of nitrogens with one attached hydrogen (secondary N) is 1. The van der Waals surface area contributed by atoms with Gasteiger partial charge < -0.3 is 14.6 Å². The Balaban J connectivity index is 1.41. The number of hydrogen-bond acceptors (Lipinski definition) is 6. The molecule has 0 saturated carbocycles. The van der Waals surface area contributed by atoms with Crippen molar-refractivity contribution in [2.75, 3.05) is 6.54 Å². The number of likely N-dealkylation sites (tertiary alicyclic amines) is 1. The topological polar surface area (TPSA) is 96.9 Å². The monoisotopic (exact) mass is 494 g/mol. The second-order valence-corrected chi connectivity index (χ2v) is 8.94. The minimum Gasteiger partial charge on any atom is -0.457 e. The van der Waals surface area contributed by atoms with Gasteiger partial charge in [-0.2, -0.15) is 0 Å². The zero-order chi connectivity index (χ0) is 25.4. The number of amides is 1. The molecule has 1 fully saturated rings. The quantitative estimate of drug-likeness (QED) is 0.346. The maximum absolute atomic E-state index is 14.5. The molecular formula is C28H23FN6O2. The van der Waals surface area contributed by atoms with Gasteiger partial charge >= 0.3 is 0 Å². The highest BCUT2D eigenvalue weighted by molar-refractivity contribution is 5.82. The van der Waals surface area contributed by atoms with E-state index in [0.29, 0.717) is 28.5 Å². The maximum Gasteiger partial charge on any atom is 0.220 e. The standard InChI is InChI=1S/C28H23FN6O2/c1-17(36)35-16-19(29)12-26(35)21-13-23-24(34-28(33-23)22-4-2-3-9-31-22)14-27(21)37-20-7-5-18(6-8-20)25-15-30-10-11-32-25/h2-11,13-15,19,26H,12,16H2,1H3,(H,33,34)/t19-,26-/m1/s1. The number of pyridine rings is 1. The van der Waals surface area contributed by atoms with E-state index in [9.17, 15) is 9.18 Å². The van der Waals surface area contributed by atoms with Crippen molar-refractivity contribution in [3.05, 3.63) is 84.9 Å². The molecule has 0 spiro atoms. The third-order valence-electron chi connectivity index (χ3n) is 6.48. The van der Waals surface area contributed by atoms with Crippen LogP contribution in [0.15, 0.2) is 79.4 Å². The predicted octanol–water partition coefficient (Wildman–Crippen LogP) is 5.51. The molecule has 0 aliphatic carbocycles. The number of benzene rings is 2. The Morgan fingerprint density at radius 1 is 1.05 bits per heavy atom. The Hall–Kier alpha value is -4.66. The number of aromatic nitrogens is 5. The first-order valence-electron chi connectivity index (χ1n) is 12.0. The smallest absolute Gasteiger partial charge is 0.220 e. The molecule has 1 aliphatic rings. The molecule has 1 saturated heterocycles. The average molecular weight is 495 g/mol. The van der Waals surface area contributed by atoms with E-state index in [1.165, 1.54) is 6.92 Å².